The van der Waals surface area contributed by atoms with Crippen LogP contribution in [0.3, 0.4) is 0 Å². The maximum atomic E-state index is 4.49. The summed E-state index contributed by atoms with van der Waals surface area (Å²) in [6.45, 7) is 0.786. The van der Waals surface area contributed by atoms with Crippen LogP contribution in [0.4, 0.5) is 0 Å². The normalized spacial score (nSPS) is 20.5. The molecule has 1 aliphatic rings. The van der Waals surface area contributed by atoms with Crippen LogP contribution in [0.2, 0.25) is 0 Å². The first-order valence-electron chi connectivity index (χ1n) is 5.08. The van der Waals surface area contributed by atoms with Crippen molar-refractivity contribution in [2.24, 2.45) is 10.9 Å². The van der Waals surface area contributed by atoms with E-state index in [4.69, 9.17) is 0 Å². The van der Waals surface area contributed by atoms with Crippen molar-refractivity contribution in [3.63, 3.8) is 0 Å². The summed E-state index contributed by atoms with van der Waals surface area (Å²) in [7, 11) is 0. The molecule has 1 nitrogen and oxygen atoms in total. The first-order chi connectivity index (χ1) is 6.64. The van der Waals surface area contributed by atoms with E-state index in [0.29, 0.717) is 0 Å². The van der Waals surface area contributed by atoms with E-state index >= 15 is 0 Å². The fourth-order valence-electron chi connectivity index (χ4n) is 1.66. The molecular weight excluding hydrogens is 374 g/mol. The van der Waals surface area contributed by atoms with Crippen molar-refractivity contribution in [1.82, 2.24) is 0 Å². The summed E-state index contributed by atoms with van der Waals surface area (Å²) in [5.41, 5.74) is 0. The highest BCUT2D eigenvalue weighted by Gasteiger charge is 2.20. The number of nitrogens with zero attached hydrogens (tertiary/aromatic N) is 1. The monoisotopic (exact) mass is 387 g/mol. The van der Waals surface area contributed by atoms with E-state index in [-0.39, 0.29) is 3.23 Å². The smallest absolute Gasteiger partial charge is 0.109 e. The Morgan fingerprint density at radius 1 is 1.21 bits per heavy atom. The number of hydrogen-bond acceptors (Lipinski definition) is 1. The summed E-state index contributed by atoms with van der Waals surface area (Å²) < 4.78 is -0.0643. The lowest BCUT2D eigenvalue weighted by atomic mass is 9.90. The zero-order valence-corrected chi connectivity index (χ0v) is 12.9. The van der Waals surface area contributed by atoms with Gasteiger partial charge in [-0.15, -0.1) is 0 Å². The van der Waals surface area contributed by atoms with Crippen molar-refractivity contribution in [1.29, 1.82) is 0 Å². The van der Waals surface area contributed by atoms with Crippen LogP contribution in [0.15, 0.2) is 4.99 Å². The Kier molecular flexibility index (Phi) is 6.25. The Balaban J connectivity index is 2.25. The molecule has 0 aliphatic heterocycles. The summed E-state index contributed by atoms with van der Waals surface area (Å²) in [6.07, 6.45) is 8.97. The minimum absolute atomic E-state index is 0.0643. The van der Waals surface area contributed by atoms with Gasteiger partial charge in [-0.25, -0.2) is 0 Å². The fraction of sp³-hybridized carbons (Fsp3) is 0.900. The predicted molar refractivity (Wildman–Crippen MR) is 74.3 cm³/mol. The second kappa shape index (κ2) is 6.64. The van der Waals surface area contributed by atoms with E-state index in [2.05, 4.69) is 59.0 Å². The van der Waals surface area contributed by atoms with Crippen LogP contribution < -0.4 is 0 Å². The lowest BCUT2D eigenvalue weighted by Gasteiger charge is -2.18. The van der Waals surface area contributed by atoms with Gasteiger partial charge in [-0.1, -0.05) is 67.1 Å². The maximum Gasteiger partial charge on any atom is 0.109 e. The van der Waals surface area contributed by atoms with Crippen LogP contribution in [0, 0.1) is 5.92 Å². The Morgan fingerprint density at radius 2 is 1.86 bits per heavy atom. The Labute approximate surface area is 112 Å². The largest absolute Gasteiger partial charge is 0.295 e. The molecule has 4 heteroatoms. The maximum absolute atomic E-state index is 4.49. The number of rotatable bonds is 4. The molecule has 0 N–H and O–H groups in total. The van der Waals surface area contributed by atoms with Crippen molar-refractivity contribution in [3.05, 3.63) is 0 Å². The first kappa shape index (κ1) is 13.2. The van der Waals surface area contributed by atoms with Crippen LogP contribution in [0.25, 0.3) is 0 Å². The minimum Gasteiger partial charge on any atom is -0.295 e. The number of aliphatic imine (C=N–C) groups is 1. The Morgan fingerprint density at radius 3 is 2.43 bits per heavy atom. The molecule has 0 radical (unpaired) electrons. The molecule has 1 rings (SSSR count). The summed E-state index contributed by atoms with van der Waals surface area (Å²) >= 11 is 10.6. The van der Waals surface area contributed by atoms with Crippen LogP contribution in [-0.4, -0.2) is 21.3 Å². The molecule has 0 spiro atoms. The highest BCUT2D eigenvalue weighted by atomic mass is 79.9. The standard InChI is InChI=1S/C10H16Br3N/c11-7-10(12,13)8-14-6-9-4-2-1-3-5-9/h6,9H,1-5,7-8H2. The molecular formula is C10H16Br3N. The van der Waals surface area contributed by atoms with Crippen molar-refractivity contribution in [2.75, 3.05) is 11.9 Å². The Hall–Kier alpha value is 1.11. The molecule has 0 amide bonds. The van der Waals surface area contributed by atoms with Crippen LogP contribution in [0.5, 0.6) is 0 Å². The molecule has 0 aromatic carbocycles. The number of alkyl halides is 3. The Bertz CT molecular complexity index is 186. The third-order valence-electron chi connectivity index (χ3n) is 2.48. The van der Waals surface area contributed by atoms with Gasteiger partial charge in [0.25, 0.3) is 0 Å². The van der Waals surface area contributed by atoms with E-state index in [1.807, 2.05) is 0 Å². The average Bonchev–Trinajstić information content (AvgIpc) is 2.19. The second-order valence-electron chi connectivity index (χ2n) is 3.88. The second-order valence-corrected chi connectivity index (χ2v) is 8.54. The number of halogens is 3. The zero-order chi connectivity index (χ0) is 10.4. The minimum atomic E-state index is -0.0643. The summed E-state index contributed by atoms with van der Waals surface area (Å²) in [6, 6.07) is 0. The van der Waals surface area contributed by atoms with Gasteiger partial charge in [0.05, 0.1) is 6.54 Å². The van der Waals surface area contributed by atoms with Crippen LogP contribution in [-0.2, 0) is 0 Å². The molecule has 0 aromatic heterocycles. The van der Waals surface area contributed by atoms with Gasteiger partial charge >= 0.3 is 0 Å². The number of hydrogen-bond donors (Lipinski definition) is 0. The van der Waals surface area contributed by atoms with E-state index < -0.39 is 0 Å². The molecule has 0 aromatic rings. The molecule has 0 bridgehead atoms. The van der Waals surface area contributed by atoms with Gasteiger partial charge < -0.3 is 0 Å². The molecule has 1 saturated carbocycles. The quantitative estimate of drug-likeness (QED) is 0.495. The van der Waals surface area contributed by atoms with Crippen molar-refractivity contribution < 1.29 is 0 Å². The van der Waals surface area contributed by atoms with E-state index in [1.54, 1.807) is 0 Å². The highest BCUT2D eigenvalue weighted by molar-refractivity contribution is 9.26. The average molecular weight is 390 g/mol. The van der Waals surface area contributed by atoms with Crippen LogP contribution in [0.1, 0.15) is 32.1 Å². The van der Waals surface area contributed by atoms with Gasteiger partial charge in [0.15, 0.2) is 0 Å². The summed E-state index contributed by atoms with van der Waals surface area (Å²) in [4.78, 5) is 4.49. The van der Waals surface area contributed by atoms with Gasteiger partial charge in [0.2, 0.25) is 0 Å². The SMILES string of the molecule is BrCC(Br)(Br)CN=CC1CCCCC1. The third-order valence-corrected chi connectivity index (χ3v) is 6.01. The molecule has 0 saturated heterocycles. The van der Waals surface area contributed by atoms with Gasteiger partial charge in [0, 0.05) is 11.5 Å². The predicted octanol–water partition coefficient (Wildman–Crippen LogP) is 4.52. The first-order valence-corrected chi connectivity index (χ1v) is 7.78. The molecule has 0 atom stereocenters. The van der Waals surface area contributed by atoms with Crippen molar-refractivity contribution >= 4 is 54.0 Å². The van der Waals surface area contributed by atoms with Gasteiger partial charge in [-0.2, -0.15) is 0 Å². The molecule has 14 heavy (non-hydrogen) atoms. The lowest BCUT2D eigenvalue weighted by Crippen LogP contribution is -2.18. The molecule has 1 fully saturated rings. The van der Waals surface area contributed by atoms with Gasteiger partial charge in [-0.3, -0.25) is 4.99 Å². The molecule has 1 aliphatic carbocycles. The van der Waals surface area contributed by atoms with Gasteiger partial charge in [0.1, 0.15) is 3.23 Å². The third kappa shape index (κ3) is 5.26. The van der Waals surface area contributed by atoms with Crippen LogP contribution >= 0.6 is 47.8 Å². The molecule has 82 valence electrons. The topological polar surface area (TPSA) is 12.4 Å². The van der Waals surface area contributed by atoms with Crippen molar-refractivity contribution in [2.45, 2.75) is 35.3 Å². The highest BCUT2D eigenvalue weighted by Crippen LogP contribution is 2.29. The molecule has 0 heterocycles. The fourth-order valence-corrected chi connectivity index (χ4v) is 2.13. The lowest BCUT2D eigenvalue weighted by molar-refractivity contribution is 0.444. The summed E-state index contributed by atoms with van der Waals surface area (Å²) in [5.74, 6) is 0.731. The van der Waals surface area contributed by atoms with E-state index in [9.17, 15) is 0 Å². The zero-order valence-electron chi connectivity index (χ0n) is 8.19. The summed E-state index contributed by atoms with van der Waals surface area (Å²) in [5, 5.41) is 0.863. The van der Waals surface area contributed by atoms with E-state index in [0.717, 1.165) is 17.8 Å². The van der Waals surface area contributed by atoms with E-state index in [1.165, 1.54) is 32.1 Å². The van der Waals surface area contributed by atoms with Crippen molar-refractivity contribution in [3.8, 4) is 0 Å². The van der Waals surface area contributed by atoms with Gasteiger partial charge in [-0.05, 0) is 18.8 Å². The molecule has 0 unspecified atom stereocenters.